The van der Waals surface area contributed by atoms with Crippen molar-refractivity contribution < 1.29 is 8.42 Å². The van der Waals surface area contributed by atoms with Crippen molar-refractivity contribution in [3.63, 3.8) is 0 Å². The molecule has 2 N–H and O–H groups in total. The standard InChI is InChI=1S/C16H22N4O2S/c1-23(21,22)14-4-2-13(3-5-14)16-19-11-15(20-16)18-10-12-6-8-17-9-7-12/h2-5,12,17H,6-11H2,1H3,(H,18,19,20). The Labute approximate surface area is 137 Å². The van der Waals surface area contributed by atoms with Gasteiger partial charge >= 0.3 is 0 Å². The molecule has 1 fully saturated rings. The van der Waals surface area contributed by atoms with Crippen molar-refractivity contribution in [2.24, 2.45) is 15.9 Å². The Morgan fingerprint density at radius 2 is 1.91 bits per heavy atom. The van der Waals surface area contributed by atoms with Gasteiger partial charge in [-0.15, -0.1) is 0 Å². The Hall–Kier alpha value is -1.73. The lowest BCUT2D eigenvalue weighted by Crippen LogP contribution is -2.36. The molecule has 0 aromatic heterocycles. The number of benzene rings is 1. The number of hydrogen-bond acceptors (Lipinski definition) is 6. The summed E-state index contributed by atoms with van der Waals surface area (Å²) in [5.41, 5.74) is 0.844. The second-order valence-corrected chi connectivity index (χ2v) is 8.08. The van der Waals surface area contributed by atoms with Gasteiger partial charge in [-0.25, -0.2) is 13.4 Å². The molecule has 1 saturated heterocycles. The predicted molar refractivity (Wildman–Crippen MR) is 92.0 cm³/mol. The van der Waals surface area contributed by atoms with Crippen molar-refractivity contribution in [3.05, 3.63) is 29.8 Å². The molecule has 23 heavy (non-hydrogen) atoms. The molecule has 0 radical (unpaired) electrons. The zero-order valence-corrected chi connectivity index (χ0v) is 14.1. The fourth-order valence-corrected chi connectivity index (χ4v) is 3.43. The van der Waals surface area contributed by atoms with E-state index < -0.39 is 9.84 Å². The van der Waals surface area contributed by atoms with Gasteiger partial charge in [-0.3, -0.25) is 4.99 Å². The lowest BCUT2D eigenvalue weighted by atomic mass is 9.98. The first kappa shape index (κ1) is 16.1. The van der Waals surface area contributed by atoms with Gasteiger partial charge in [0, 0.05) is 18.4 Å². The lowest BCUT2D eigenvalue weighted by molar-refractivity contribution is 0.372. The van der Waals surface area contributed by atoms with Crippen molar-refractivity contribution >= 4 is 21.5 Å². The van der Waals surface area contributed by atoms with E-state index in [2.05, 4.69) is 20.6 Å². The summed E-state index contributed by atoms with van der Waals surface area (Å²) in [5.74, 6) is 2.25. The van der Waals surface area contributed by atoms with Crippen LogP contribution in [0.25, 0.3) is 0 Å². The molecule has 3 rings (SSSR count). The third-order valence-corrected chi connectivity index (χ3v) is 5.34. The minimum atomic E-state index is -3.17. The number of hydrogen-bond donors (Lipinski definition) is 2. The molecule has 0 bridgehead atoms. The Balaban J connectivity index is 1.60. The highest BCUT2D eigenvalue weighted by Gasteiger charge is 2.16. The number of nitrogens with zero attached hydrogens (tertiary/aromatic N) is 2. The monoisotopic (exact) mass is 334 g/mol. The Morgan fingerprint density at radius 3 is 2.57 bits per heavy atom. The first-order valence-corrected chi connectivity index (χ1v) is 9.78. The fourth-order valence-electron chi connectivity index (χ4n) is 2.80. The number of piperidine rings is 1. The molecular formula is C16H22N4O2S. The molecule has 0 amide bonds. The molecule has 1 aromatic rings. The molecule has 0 saturated carbocycles. The van der Waals surface area contributed by atoms with Crippen LogP contribution in [-0.4, -0.2) is 52.5 Å². The van der Waals surface area contributed by atoms with Crippen LogP contribution >= 0.6 is 0 Å². The first-order valence-electron chi connectivity index (χ1n) is 7.89. The van der Waals surface area contributed by atoms with Crippen molar-refractivity contribution in [2.45, 2.75) is 17.7 Å². The molecule has 6 nitrogen and oxygen atoms in total. The second kappa shape index (κ2) is 6.80. The molecule has 0 spiro atoms. The summed E-state index contributed by atoms with van der Waals surface area (Å²) in [6.07, 6.45) is 3.60. The van der Waals surface area contributed by atoms with Crippen LogP contribution in [0.2, 0.25) is 0 Å². The van der Waals surface area contributed by atoms with Gasteiger partial charge in [0.2, 0.25) is 0 Å². The van der Waals surface area contributed by atoms with Gasteiger partial charge in [0.1, 0.15) is 5.84 Å². The highest BCUT2D eigenvalue weighted by molar-refractivity contribution is 7.90. The van der Waals surface area contributed by atoms with E-state index in [1.165, 1.54) is 19.1 Å². The van der Waals surface area contributed by atoms with Gasteiger partial charge in [-0.1, -0.05) is 0 Å². The minimum Gasteiger partial charge on any atom is -0.372 e. The number of amidine groups is 2. The molecular weight excluding hydrogens is 312 g/mol. The number of aliphatic imine (C=N–C) groups is 2. The smallest absolute Gasteiger partial charge is 0.175 e. The van der Waals surface area contributed by atoms with Gasteiger partial charge < -0.3 is 10.6 Å². The molecule has 0 aliphatic carbocycles. The molecule has 0 atom stereocenters. The van der Waals surface area contributed by atoms with E-state index >= 15 is 0 Å². The summed E-state index contributed by atoms with van der Waals surface area (Å²) in [6.45, 7) is 3.69. The van der Waals surface area contributed by atoms with Crippen molar-refractivity contribution in [2.75, 3.05) is 32.4 Å². The summed E-state index contributed by atoms with van der Waals surface area (Å²) in [6, 6.07) is 6.72. The second-order valence-electron chi connectivity index (χ2n) is 6.07. The van der Waals surface area contributed by atoms with Crippen molar-refractivity contribution in [3.8, 4) is 0 Å². The van der Waals surface area contributed by atoms with Crippen LogP contribution in [0, 0.1) is 5.92 Å². The maximum Gasteiger partial charge on any atom is 0.175 e. The highest BCUT2D eigenvalue weighted by atomic mass is 32.2. The van der Waals surface area contributed by atoms with E-state index in [4.69, 9.17) is 0 Å². The molecule has 2 aliphatic rings. The Bertz CT molecular complexity index is 717. The molecule has 7 heteroatoms. The quantitative estimate of drug-likeness (QED) is 0.855. The third kappa shape index (κ3) is 4.17. The third-order valence-electron chi connectivity index (χ3n) is 4.21. The lowest BCUT2D eigenvalue weighted by Gasteiger charge is -2.22. The summed E-state index contributed by atoms with van der Waals surface area (Å²) >= 11 is 0. The summed E-state index contributed by atoms with van der Waals surface area (Å²) in [5, 5.41) is 6.76. The van der Waals surface area contributed by atoms with Crippen LogP contribution in [0.1, 0.15) is 18.4 Å². The maximum atomic E-state index is 11.5. The average Bonchev–Trinajstić information content (AvgIpc) is 3.02. The number of sulfone groups is 1. The predicted octanol–water partition coefficient (Wildman–Crippen LogP) is 0.838. The van der Waals surface area contributed by atoms with Crippen LogP contribution in [0.15, 0.2) is 39.1 Å². The van der Waals surface area contributed by atoms with E-state index in [0.717, 1.165) is 31.0 Å². The van der Waals surface area contributed by atoms with Gasteiger partial charge in [0.15, 0.2) is 15.7 Å². The topological polar surface area (TPSA) is 82.9 Å². The number of rotatable bonds is 4. The fraction of sp³-hybridized carbons (Fsp3) is 0.500. The van der Waals surface area contributed by atoms with Crippen LogP contribution in [0.4, 0.5) is 0 Å². The minimum absolute atomic E-state index is 0.313. The normalized spacial score (nSPS) is 19.3. The zero-order valence-electron chi connectivity index (χ0n) is 13.2. The number of nitrogens with one attached hydrogen (secondary N) is 2. The molecule has 124 valence electrons. The van der Waals surface area contributed by atoms with Crippen molar-refractivity contribution in [1.29, 1.82) is 0 Å². The maximum absolute atomic E-state index is 11.5. The van der Waals surface area contributed by atoms with Gasteiger partial charge in [-0.2, -0.15) is 0 Å². The summed E-state index contributed by atoms with van der Waals surface area (Å²) in [7, 11) is -3.17. The summed E-state index contributed by atoms with van der Waals surface area (Å²) in [4.78, 5) is 9.27. The van der Waals surface area contributed by atoms with Crippen LogP contribution in [0.5, 0.6) is 0 Å². The van der Waals surface area contributed by atoms with E-state index in [9.17, 15) is 8.42 Å². The van der Waals surface area contributed by atoms with Crippen molar-refractivity contribution in [1.82, 2.24) is 10.6 Å². The van der Waals surface area contributed by atoms with E-state index in [-0.39, 0.29) is 0 Å². The van der Waals surface area contributed by atoms with Crippen LogP contribution < -0.4 is 10.6 Å². The van der Waals surface area contributed by atoms with E-state index in [1.807, 2.05) is 0 Å². The van der Waals surface area contributed by atoms with Gasteiger partial charge in [0.05, 0.1) is 11.4 Å². The molecule has 2 heterocycles. The van der Waals surface area contributed by atoms with Crippen LogP contribution in [-0.2, 0) is 9.84 Å². The summed E-state index contributed by atoms with van der Waals surface area (Å²) < 4.78 is 23.0. The Morgan fingerprint density at radius 1 is 1.22 bits per heavy atom. The van der Waals surface area contributed by atoms with E-state index in [0.29, 0.717) is 23.2 Å². The van der Waals surface area contributed by atoms with E-state index in [1.54, 1.807) is 24.3 Å². The Kier molecular flexibility index (Phi) is 4.77. The molecule has 2 aliphatic heterocycles. The largest absolute Gasteiger partial charge is 0.372 e. The first-order chi connectivity index (χ1) is 11.0. The zero-order chi connectivity index (χ0) is 16.3. The average molecular weight is 334 g/mol. The SMILES string of the molecule is CS(=O)(=O)c1ccc(C2=NCC(NCC3CCNCC3)=N2)cc1. The van der Waals surface area contributed by atoms with Crippen LogP contribution in [0.3, 0.4) is 0 Å². The van der Waals surface area contributed by atoms with Gasteiger partial charge in [0.25, 0.3) is 0 Å². The molecule has 0 unspecified atom stereocenters. The molecule has 1 aromatic carbocycles. The highest BCUT2D eigenvalue weighted by Crippen LogP contribution is 2.14. The van der Waals surface area contributed by atoms with Gasteiger partial charge in [-0.05, 0) is 56.1 Å².